The third kappa shape index (κ3) is 2.93. The van der Waals surface area contributed by atoms with E-state index in [1.807, 2.05) is 6.92 Å². The highest BCUT2D eigenvalue weighted by Gasteiger charge is 2.15. The Kier molecular flexibility index (Phi) is 3.99. The molecule has 2 aromatic rings. The average Bonchev–Trinajstić information content (AvgIpc) is 2.68. The molecule has 0 aliphatic carbocycles. The van der Waals surface area contributed by atoms with Gasteiger partial charge in [0.1, 0.15) is 0 Å². The molecule has 0 spiro atoms. The summed E-state index contributed by atoms with van der Waals surface area (Å²) in [5.74, 6) is -0.960. The molecular weight excluding hydrogens is 272 g/mol. The summed E-state index contributed by atoms with van der Waals surface area (Å²) in [4.78, 5) is 13.7. The first-order valence-electron chi connectivity index (χ1n) is 6.34. The van der Waals surface area contributed by atoms with Crippen molar-refractivity contribution < 1.29 is 9.90 Å². The van der Waals surface area contributed by atoms with Gasteiger partial charge in [0.25, 0.3) is 0 Å². The molecule has 5 heteroatoms. The molecule has 0 saturated heterocycles. The average molecular weight is 290 g/mol. The molecule has 1 heterocycles. The van der Waals surface area contributed by atoms with Crippen LogP contribution in [0.2, 0.25) is 0 Å². The molecule has 0 bridgehead atoms. The fraction of sp³-hybridized carbons (Fsp3) is 0.267. The van der Waals surface area contributed by atoms with Crippen LogP contribution >= 0.6 is 11.3 Å². The summed E-state index contributed by atoms with van der Waals surface area (Å²) in [6.07, 6.45) is 0. The van der Waals surface area contributed by atoms with E-state index >= 15 is 0 Å². The Hall–Kier alpha value is -2.01. The van der Waals surface area contributed by atoms with Gasteiger partial charge in [0, 0.05) is 21.5 Å². The normalized spacial score (nSPS) is 12.2. The molecule has 0 fully saturated rings. The Bertz CT molecular complexity index is 649. The van der Waals surface area contributed by atoms with Gasteiger partial charge >= 0.3 is 5.97 Å². The van der Waals surface area contributed by atoms with Crippen molar-refractivity contribution in [3.8, 4) is 0 Å². The summed E-state index contributed by atoms with van der Waals surface area (Å²) in [6.45, 7) is 6.16. The van der Waals surface area contributed by atoms with Gasteiger partial charge < -0.3 is 16.2 Å². The number of hydrogen-bond acceptors (Lipinski definition) is 4. The third-order valence-electron chi connectivity index (χ3n) is 3.19. The van der Waals surface area contributed by atoms with E-state index in [2.05, 4.69) is 25.2 Å². The highest BCUT2D eigenvalue weighted by atomic mass is 32.1. The molecule has 1 unspecified atom stereocenters. The van der Waals surface area contributed by atoms with Crippen LogP contribution < -0.4 is 11.1 Å². The number of carboxylic acids is 1. The van der Waals surface area contributed by atoms with E-state index in [4.69, 9.17) is 5.73 Å². The van der Waals surface area contributed by atoms with Gasteiger partial charge in [-0.05, 0) is 50.6 Å². The maximum atomic E-state index is 11.2. The van der Waals surface area contributed by atoms with Crippen LogP contribution in [0.3, 0.4) is 0 Å². The maximum Gasteiger partial charge on any atom is 0.337 e. The quantitative estimate of drug-likeness (QED) is 0.748. The van der Waals surface area contributed by atoms with Crippen molar-refractivity contribution in [2.24, 2.45) is 0 Å². The Morgan fingerprint density at radius 3 is 2.60 bits per heavy atom. The van der Waals surface area contributed by atoms with Crippen molar-refractivity contribution in [2.45, 2.75) is 26.8 Å². The van der Waals surface area contributed by atoms with Crippen LogP contribution in [0.4, 0.5) is 11.4 Å². The number of nitrogens with one attached hydrogen (secondary N) is 1. The van der Waals surface area contributed by atoms with Crippen LogP contribution in [0.25, 0.3) is 0 Å². The van der Waals surface area contributed by atoms with Crippen LogP contribution in [-0.4, -0.2) is 11.1 Å². The number of hydrogen-bond donors (Lipinski definition) is 3. The van der Waals surface area contributed by atoms with Gasteiger partial charge in [-0.2, -0.15) is 0 Å². The molecule has 0 aliphatic rings. The van der Waals surface area contributed by atoms with Crippen LogP contribution in [0.5, 0.6) is 0 Å². The van der Waals surface area contributed by atoms with E-state index in [0.717, 1.165) is 0 Å². The Morgan fingerprint density at radius 1 is 1.35 bits per heavy atom. The minimum Gasteiger partial charge on any atom is -0.478 e. The Balaban J connectivity index is 2.32. The summed E-state index contributed by atoms with van der Waals surface area (Å²) < 4.78 is 0. The van der Waals surface area contributed by atoms with E-state index in [9.17, 15) is 9.90 Å². The standard InChI is InChI=1S/C15H18N2O2S/c1-8-6-13(10(3)20-8)9(2)17-14-7-11(16)4-5-12(14)15(18)19/h4-7,9,17H,16H2,1-3H3,(H,18,19). The lowest BCUT2D eigenvalue weighted by Gasteiger charge is -2.17. The van der Waals surface area contributed by atoms with E-state index in [-0.39, 0.29) is 11.6 Å². The van der Waals surface area contributed by atoms with Crippen molar-refractivity contribution >= 4 is 28.7 Å². The monoisotopic (exact) mass is 290 g/mol. The number of nitrogen functional groups attached to an aromatic ring is 1. The number of aryl methyl sites for hydroxylation is 2. The van der Waals surface area contributed by atoms with Crippen LogP contribution in [0.1, 0.15) is 38.6 Å². The molecule has 1 atom stereocenters. The fourth-order valence-electron chi connectivity index (χ4n) is 2.26. The maximum absolute atomic E-state index is 11.2. The lowest BCUT2D eigenvalue weighted by Crippen LogP contribution is -2.11. The van der Waals surface area contributed by atoms with Crippen LogP contribution in [0, 0.1) is 13.8 Å². The number of aromatic carboxylic acids is 1. The zero-order valence-corrected chi connectivity index (χ0v) is 12.5. The number of anilines is 2. The fourth-order valence-corrected chi connectivity index (χ4v) is 3.28. The van der Waals surface area contributed by atoms with Gasteiger partial charge in [-0.1, -0.05) is 0 Å². The Labute approximate surface area is 122 Å². The topological polar surface area (TPSA) is 75.3 Å². The summed E-state index contributed by atoms with van der Waals surface area (Å²) in [5.41, 5.74) is 8.26. The van der Waals surface area contributed by atoms with Crippen LogP contribution in [0.15, 0.2) is 24.3 Å². The lowest BCUT2D eigenvalue weighted by atomic mass is 10.1. The van der Waals surface area contributed by atoms with Gasteiger partial charge in [0.05, 0.1) is 11.3 Å². The largest absolute Gasteiger partial charge is 0.478 e. The first-order chi connectivity index (χ1) is 9.38. The summed E-state index contributed by atoms with van der Waals surface area (Å²) in [5, 5.41) is 12.5. The molecule has 0 radical (unpaired) electrons. The molecule has 4 N–H and O–H groups in total. The van der Waals surface area contributed by atoms with Gasteiger partial charge in [0.15, 0.2) is 0 Å². The SMILES string of the molecule is Cc1cc(C(C)Nc2cc(N)ccc2C(=O)O)c(C)s1. The number of nitrogens with two attached hydrogens (primary N) is 1. The highest BCUT2D eigenvalue weighted by Crippen LogP contribution is 2.30. The summed E-state index contributed by atoms with van der Waals surface area (Å²) >= 11 is 1.74. The van der Waals surface area contributed by atoms with Crippen molar-refractivity contribution in [3.05, 3.63) is 45.1 Å². The number of carbonyl (C=O) groups is 1. The number of benzene rings is 1. The van der Waals surface area contributed by atoms with E-state index in [1.165, 1.54) is 21.4 Å². The van der Waals surface area contributed by atoms with E-state index in [0.29, 0.717) is 11.4 Å². The summed E-state index contributed by atoms with van der Waals surface area (Å²) in [7, 11) is 0. The zero-order valence-electron chi connectivity index (χ0n) is 11.7. The van der Waals surface area contributed by atoms with Crippen molar-refractivity contribution in [1.82, 2.24) is 0 Å². The molecule has 1 aromatic carbocycles. The smallest absolute Gasteiger partial charge is 0.337 e. The first kappa shape index (κ1) is 14.4. The lowest BCUT2D eigenvalue weighted by molar-refractivity contribution is 0.0698. The van der Waals surface area contributed by atoms with Crippen molar-refractivity contribution in [3.63, 3.8) is 0 Å². The number of thiophene rings is 1. The van der Waals surface area contributed by atoms with E-state index < -0.39 is 5.97 Å². The molecule has 106 valence electrons. The van der Waals surface area contributed by atoms with Gasteiger partial charge in [-0.15, -0.1) is 11.3 Å². The minimum absolute atomic E-state index is 0.0276. The Morgan fingerprint density at radius 2 is 2.05 bits per heavy atom. The molecule has 20 heavy (non-hydrogen) atoms. The van der Waals surface area contributed by atoms with Gasteiger partial charge in [-0.3, -0.25) is 0 Å². The molecule has 2 rings (SSSR count). The van der Waals surface area contributed by atoms with Gasteiger partial charge in [0.2, 0.25) is 0 Å². The first-order valence-corrected chi connectivity index (χ1v) is 7.16. The van der Waals surface area contributed by atoms with Crippen molar-refractivity contribution in [1.29, 1.82) is 0 Å². The molecule has 0 amide bonds. The second kappa shape index (κ2) is 5.54. The molecule has 1 aromatic heterocycles. The summed E-state index contributed by atoms with van der Waals surface area (Å²) in [6, 6.07) is 6.94. The predicted molar refractivity (Wildman–Crippen MR) is 83.6 cm³/mol. The zero-order chi connectivity index (χ0) is 14.9. The molecule has 0 saturated carbocycles. The highest BCUT2D eigenvalue weighted by molar-refractivity contribution is 7.12. The molecule has 0 aliphatic heterocycles. The number of rotatable bonds is 4. The second-order valence-corrected chi connectivity index (χ2v) is 6.31. The predicted octanol–water partition coefficient (Wildman–Crippen LogP) is 3.82. The van der Waals surface area contributed by atoms with Gasteiger partial charge in [-0.25, -0.2) is 4.79 Å². The van der Waals surface area contributed by atoms with E-state index in [1.54, 1.807) is 23.5 Å². The molecular formula is C15H18N2O2S. The number of carboxylic acid groups (broad SMARTS) is 1. The molecule has 4 nitrogen and oxygen atoms in total. The van der Waals surface area contributed by atoms with Crippen LogP contribution in [-0.2, 0) is 0 Å². The minimum atomic E-state index is -0.960. The third-order valence-corrected chi connectivity index (χ3v) is 4.17. The van der Waals surface area contributed by atoms with Crippen molar-refractivity contribution in [2.75, 3.05) is 11.1 Å². The second-order valence-electron chi connectivity index (χ2n) is 4.84.